The number of carbonyl (C=O) groups excluding carboxylic acids is 2. The molecule has 0 heterocycles. The van der Waals surface area contributed by atoms with Crippen molar-refractivity contribution in [1.82, 2.24) is 0 Å². The lowest BCUT2D eigenvalue weighted by Gasteiger charge is -2.10. The summed E-state index contributed by atoms with van der Waals surface area (Å²) in [4.78, 5) is 22.2. The van der Waals surface area contributed by atoms with E-state index in [9.17, 15) is 9.59 Å². The fourth-order valence-electron chi connectivity index (χ4n) is 1.33. The third-order valence-electron chi connectivity index (χ3n) is 2.38. The van der Waals surface area contributed by atoms with Gasteiger partial charge in [-0.3, -0.25) is 9.59 Å². The lowest BCUT2D eigenvalue weighted by Crippen LogP contribution is -2.34. The molecule has 0 bridgehead atoms. The molecule has 2 amide bonds. The summed E-state index contributed by atoms with van der Waals surface area (Å²) in [5, 5.41) is 2.69. The van der Waals surface area contributed by atoms with Gasteiger partial charge in [-0.15, -0.1) is 0 Å². The highest BCUT2D eigenvalue weighted by Gasteiger charge is 2.10. The Hall–Kier alpha value is -1.88. The van der Waals surface area contributed by atoms with Crippen LogP contribution in [0.3, 0.4) is 0 Å². The van der Waals surface area contributed by atoms with Crippen molar-refractivity contribution in [3.63, 3.8) is 0 Å². The van der Waals surface area contributed by atoms with E-state index < -0.39 is 6.04 Å². The minimum atomic E-state index is -0.500. The predicted octanol–water partition coefficient (Wildman–Crippen LogP) is 0.390. The van der Waals surface area contributed by atoms with E-state index in [0.717, 1.165) is 5.56 Å². The molecule has 1 aromatic rings. The van der Waals surface area contributed by atoms with E-state index in [1.807, 2.05) is 6.92 Å². The Kier molecular flexibility index (Phi) is 4.66. The zero-order valence-electron chi connectivity index (χ0n) is 9.77. The van der Waals surface area contributed by atoms with Gasteiger partial charge in [0.15, 0.2) is 0 Å². The van der Waals surface area contributed by atoms with Gasteiger partial charge in [-0.1, -0.05) is 19.1 Å². The fourth-order valence-corrected chi connectivity index (χ4v) is 1.33. The Morgan fingerprint density at radius 1 is 1.29 bits per heavy atom. The van der Waals surface area contributed by atoms with Crippen LogP contribution in [0, 0.1) is 0 Å². The summed E-state index contributed by atoms with van der Waals surface area (Å²) in [6.45, 7) is 1.85. The second-order valence-corrected chi connectivity index (χ2v) is 3.84. The van der Waals surface area contributed by atoms with E-state index in [0.29, 0.717) is 12.1 Å². The standard InChI is InChI=1S/C12H17N3O2/c1-2-10(13)12(17)15-9-5-3-8(4-6-9)7-11(14)16/h3-6,10H,2,7,13H2,1H3,(H2,14,16)(H,15,17)/t10-/m0/s1. The first-order chi connectivity index (χ1) is 8.02. The SMILES string of the molecule is CC[C@H](N)C(=O)Nc1ccc(CC(N)=O)cc1. The Morgan fingerprint density at radius 3 is 2.35 bits per heavy atom. The molecular formula is C12H17N3O2. The Morgan fingerprint density at radius 2 is 1.88 bits per heavy atom. The van der Waals surface area contributed by atoms with Crippen LogP contribution in [0.25, 0.3) is 0 Å². The maximum atomic E-state index is 11.5. The second-order valence-electron chi connectivity index (χ2n) is 3.84. The number of anilines is 1. The third kappa shape index (κ3) is 4.24. The van der Waals surface area contributed by atoms with Gasteiger partial charge in [0.05, 0.1) is 12.5 Å². The maximum absolute atomic E-state index is 11.5. The summed E-state index contributed by atoms with van der Waals surface area (Å²) in [6, 6.07) is 6.44. The van der Waals surface area contributed by atoms with Crippen molar-refractivity contribution in [3.8, 4) is 0 Å². The first-order valence-corrected chi connectivity index (χ1v) is 5.46. The number of rotatable bonds is 5. The topological polar surface area (TPSA) is 98.2 Å². The molecule has 0 aromatic heterocycles. The highest BCUT2D eigenvalue weighted by molar-refractivity contribution is 5.94. The summed E-state index contributed by atoms with van der Waals surface area (Å²) in [5.74, 6) is -0.593. The minimum absolute atomic E-state index is 0.197. The van der Waals surface area contributed by atoms with Crippen molar-refractivity contribution < 1.29 is 9.59 Å². The van der Waals surface area contributed by atoms with Crippen LogP contribution < -0.4 is 16.8 Å². The molecule has 1 rings (SSSR count). The molecule has 0 unspecified atom stereocenters. The molecule has 5 N–H and O–H groups in total. The molecule has 1 aromatic carbocycles. The fraction of sp³-hybridized carbons (Fsp3) is 0.333. The third-order valence-corrected chi connectivity index (χ3v) is 2.38. The van der Waals surface area contributed by atoms with Crippen molar-refractivity contribution in [2.45, 2.75) is 25.8 Å². The van der Waals surface area contributed by atoms with E-state index in [4.69, 9.17) is 11.5 Å². The predicted molar refractivity (Wildman–Crippen MR) is 66.2 cm³/mol. The van der Waals surface area contributed by atoms with E-state index in [2.05, 4.69) is 5.32 Å². The van der Waals surface area contributed by atoms with Gasteiger partial charge in [-0.25, -0.2) is 0 Å². The average molecular weight is 235 g/mol. The quantitative estimate of drug-likeness (QED) is 0.688. The van der Waals surface area contributed by atoms with Crippen molar-refractivity contribution in [2.75, 3.05) is 5.32 Å². The molecule has 0 aliphatic rings. The number of benzene rings is 1. The summed E-state index contributed by atoms with van der Waals surface area (Å²) in [6.07, 6.45) is 0.786. The molecule has 0 radical (unpaired) electrons. The molecule has 5 nitrogen and oxygen atoms in total. The van der Waals surface area contributed by atoms with Crippen molar-refractivity contribution in [2.24, 2.45) is 11.5 Å². The van der Waals surface area contributed by atoms with Crippen molar-refractivity contribution in [3.05, 3.63) is 29.8 Å². The summed E-state index contributed by atoms with van der Waals surface area (Å²) >= 11 is 0. The van der Waals surface area contributed by atoms with Gasteiger partial charge in [0, 0.05) is 5.69 Å². The van der Waals surface area contributed by atoms with Gasteiger partial charge in [-0.05, 0) is 24.1 Å². The monoisotopic (exact) mass is 235 g/mol. The lowest BCUT2D eigenvalue weighted by atomic mass is 10.1. The van der Waals surface area contributed by atoms with Gasteiger partial charge in [-0.2, -0.15) is 0 Å². The highest BCUT2D eigenvalue weighted by atomic mass is 16.2. The van der Waals surface area contributed by atoms with Gasteiger partial charge in [0.25, 0.3) is 0 Å². The van der Waals surface area contributed by atoms with Crippen molar-refractivity contribution >= 4 is 17.5 Å². The lowest BCUT2D eigenvalue weighted by molar-refractivity contribution is -0.118. The number of nitrogens with two attached hydrogens (primary N) is 2. The molecule has 92 valence electrons. The van der Waals surface area contributed by atoms with Crippen LogP contribution in [0.4, 0.5) is 5.69 Å². The van der Waals surface area contributed by atoms with Gasteiger partial charge in [0.1, 0.15) is 0 Å². The van der Waals surface area contributed by atoms with Crippen LogP contribution >= 0.6 is 0 Å². The number of carbonyl (C=O) groups is 2. The normalized spacial score (nSPS) is 11.9. The molecule has 0 saturated heterocycles. The van der Waals surface area contributed by atoms with Gasteiger partial charge < -0.3 is 16.8 Å². The summed E-state index contributed by atoms with van der Waals surface area (Å²) in [5.41, 5.74) is 12.1. The summed E-state index contributed by atoms with van der Waals surface area (Å²) in [7, 11) is 0. The Bertz CT molecular complexity index is 401. The van der Waals surface area contributed by atoms with E-state index in [1.165, 1.54) is 0 Å². The molecule has 1 atom stereocenters. The van der Waals surface area contributed by atoms with E-state index in [-0.39, 0.29) is 18.2 Å². The van der Waals surface area contributed by atoms with Crippen LogP contribution in [0.2, 0.25) is 0 Å². The van der Waals surface area contributed by atoms with Gasteiger partial charge in [0.2, 0.25) is 11.8 Å². The molecule has 17 heavy (non-hydrogen) atoms. The van der Waals surface area contributed by atoms with E-state index in [1.54, 1.807) is 24.3 Å². The van der Waals surface area contributed by atoms with Gasteiger partial charge >= 0.3 is 0 Å². The van der Waals surface area contributed by atoms with Crippen LogP contribution in [0.1, 0.15) is 18.9 Å². The number of hydrogen-bond acceptors (Lipinski definition) is 3. The van der Waals surface area contributed by atoms with Crippen LogP contribution in [0.5, 0.6) is 0 Å². The minimum Gasteiger partial charge on any atom is -0.369 e. The Labute approximate surface area is 100 Å². The molecule has 0 spiro atoms. The number of amides is 2. The van der Waals surface area contributed by atoms with E-state index >= 15 is 0 Å². The average Bonchev–Trinajstić information content (AvgIpc) is 2.30. The molecule has 0 aliphatic carbocycles. The largest absolute Gasteiger partial charge is 0.369 e. The zero-order chi connectivity index (χ0) is 12.8. The first kappa shape index (κ1) is 13.2. The van der Waals surface area contributed by atoms with Crippen LogP contribution in [-0.4, -0.2) is 17.9 Å². The molecule has 0 saturated carbocycles. The number of hydrogen-bond donors (Lipinski definition) is 3. The number of primary amides is 1. The zero-order valence-corrected chi connectivity index (χ0v) is 9.77. The first-order valence-electron chi connectivity index (χ1n) is 5.46. The van der Waals surface area contributed by atoms with Crippen molar-refractivity contribution in [1.29, 1.82) is 0 Å². The maximum Gasteiger partial charge on any atom is 0.241 e. The molecule has 5 heteroatoms. The Balaban J connectivity index is 2.62. The number of nitrogens with one attached hydrogen (secondary N) is 1. The van der Waals surface area contributed by atoms with Crippen LogP contribution in [-0.2, 0) is 16.0 Å². The second kappa shape index (κ2) is 6.00. The smallest absolute Gasteiger partial charge is 0.241 e. The summed E-state index contributed by atoms with van der Waals surface area (Å²) < 4.78 is 0. The molecular weight excluding hydrogens is 218 g/mol. The molecule has 0 fully saturated rings. The highest BCUT2D eigenvalue weighted by Crippen LogP contribution is 2.10. The molecule has 0 aliphatic heterocycles. The van der Waals surface area contributed by atoms with Crippen LogP contribution in [0.15, 0.2) is 24.3 Å².